The molecule has 21 heavy (non-hydrogen) atoms. The molecule has 1 aliphatic rings. The number of carbonyl (C=O) groups is 1. The van der Waals surface area contributed by atoms with Crippen molar-refractivity contribution in [2.75, 3.05) is 7.11 Å². The molecular weight excluding hydrogens is 332 g/mol. The van der Waals surface area contributed by atoms with Crippen LogP contribution < -0.4 is 9.47 Å². The third-order valence-corrected chi connectivity index (χ3v) is 3.85. The molecule has 1 aliphatic carbocycles. The van der Waals surface area contributed by atoms with Crippen molar-refractivity contribution in [1.82, 2.24) is 0 Å². The lowest BCUT2D eigenvalue weighted by Crippen LogP contribution is -2.04. The molecule has 0 amide bonds. The fourth-order valence-electron chi connectivity index (χ4n) is 2.07. The first-order valence-electron chi connectivity index (χ1n) is 6.82. The largest absolute Gasteiger partial charge is 0.496 e. The average Bonchev–Trinajstić information content (AvgIpc) is 3.31. The van der Waals surface area contributed by atoms with E-state index in [4.69, 9.17) is 9.47 Å². The fourth-order valence-corrected chi connectivity index (χ4v) is 2.41. The quantitative estimate of drug-likeness (QED) is 0.760. The molecule has 0 aliphatic heterocycles. The van der Waals surface area contributed by atoms with Crippen molar-refractivity contribution in [2.45, 2.75) is 18.9 Å². The predicted octanol–water partition coefficient (Wildman–Crippen LogP) is 4.23. The third kappa shape index (κ3) is 3.27. The molecular formula is C17H15BrO3. The van der Waals surface area contributed by atoms with E-state index < -0.39 is 0 Å². The Morgan fingerprint density at radius 3 is 2.48 bits per heavy atom. The van der Waals surface area contributed by atoms with Gasteiger partial charge in [0.25, 0.3) is 0 Å². The maximum absolute atomic E-state index is 12.5. The van der Waals surface area contributed by atoms with Gasteiger partial charge in [-0.2, -0.15) is 0 Å². The van der Waals surface area contributed by atoms with E-state index in [9.17, 15) is 4.79 Å². The van der Waals surface area contributed by atoms with Gasteiger partial charge in [0.1, 0.15) is 11.5 Å². The minimum Gasteiger partial charge on any atom is -0.496 e. The first-order valence-corrected chi connectivity index (χ1v) is 7.61. The molecule has 0 aromatic heterocycles. The average molecular weight is 347 g/mol. The Bertz CT molecular complexity index is 660. The Balaban J connectivity index is 1.83. The van der Waals surface area contributed by atoms with Gasteiger partial charge in [-0.15, -0.1) is 0 Å². The van der Waals surface area contributed by atoms with E-state index in [1.807, 2.05) is 18.2 Å². The molecule has 108 valence electrons. The van der Waals surface area contributed by atoms with Crippen LogP contribution in [0.25, 0.3) is 0 Å². The second-order valence-electron chi connectivity index (χ2n) is 5.02. The smallest absolute Gasteiger partial charge is 0.196 e. The molecule has 4 heteroatoms. The summed E-state index contributed by atoms with van der Waals surface area (Å²) in [6, 6.07) is 12.7. The van der Waals surface area contributed by atoms with Crippen molar-refractivity contribution in [2.24, 2.45) is 0 Å². The van der Waals surface area contributed by atoms with Gasteiger partial charge in [0.2, 0.25) is 0 Å². The summed E-state index contributed by atoms with van der Waals surface area (Å²) in [6.45, 7) is 0. The van der Waals surface area contributed by atoms with Crippen LogP contribution in [0.15, 0.2) is 46.9 Å². The van der Waals surface area contributed by atoms with Crippen LogP contribution in [0.2, 0.25) is 0 Å². The molecule has 0 N–H and O–H groups in total. The SMILES string of the molecule is COc1cc(Br)ccc1C(=O)c1ccc(OC2CC2)cc1. The lowest BCUT2D eigenvalue weighted by atomic mass is 10.0. The molecule has 0 spiro atoms. The molecule has 3 nitrogen and oxygen atoms in total. The van der Waals surface area contributed by atoms with Crippen LogP contribution in [0.5, 0.6) is 11.5 Å². The maximum atomic E-state index is 12.5. The van der Waals surface area contributed by atoms with Crippen molar-refractivity contribution >= 4 is 21.7 Å². The Labute approximate surface area is 132 Å². The predicted molar refractivity (Wildman–Crippen MR) is 84.2 cm³/mol. The number of hydrogen-bond donors (Lipinski definition) is 0. The molecule has 0 unspecified atom stereocenters. The second kappa shape index (κ2) is 5.90. The highest BCUT2D eigenvalue weighted by atomic mass is 79.9. The van der Waals surface area contributed by atoms with Crippen LogP contribution in [-0.2, 0) is 0 Å². The van der Waals surface area contributed by atoms with Crippen LogP contribution in [0.3, 0.4) is 0 Å². The summed E-state index contributed by atoms with van der Waals surface area (Å²) >= 11 is 3.37. The molecule has 0 radical (unpaired) electrons. The van der Waals surface area contributed by atoms with Gasteiger partial charge in [-0.3, -0.25) is 4.79 Å². The summed E-state index contributed by atoms with van der Waals surface area (Å²) in [6.07, 6.45) is 2.60. The Morgan fingerprint density at radius 2 is 1.86 bits per heavy atom. The Hall–Kier alpha value is -1.81. The van der Waals surface area contributed by atoms with Gasteiger partial charge in [0.05, 0.1) is 18.8 Å². The van der Waals surface area contributed by atoms with Gasteiger partial charge in [0, 0.05) is 10.0 Å². The third-order valence-electron chi connectivity index (χ3n) is 3.35. The lowest BCUT2D eigenvalue weighted by molar-refractivity contribution is 0.103. The van der Waals surface area contributed by atoms with Gasteiger partial charge >= 0.3 is 0 Å². The van der Waals surface area contributed by atoms with Gasteiger partial charge in [-0.25, -0.2) is 0 Å². The highest BCUT2D eigenvalue weighted by Crippen LogP contribution is 2.28. The molecule has 2 aromatic carbocycles. The fraction of sp³-hybridized carbons (Fsp3) is 0.235. The van der Waals surface area contributed by atoms with Crippen LogP contribution in [0, 0.1) is 0 Å². The summed E-state index contributed by atoms with van der Waals surface area (Å²) in [5, 5.41) is 0. The lowest BCUT2D eigenvalue weighted by Gasteiger charge is -2.09. The van der Waals surface area contributed by atoms with Gasteiger partial charge < -0.3 is 9.47 Å². The standard InChI is InChI=1S/C17H15BrO3/c1-20-16-10-12(18)4-9-15(16)17(19)11-2-5-13(6-3-11)21-14-7-8-14/h2-6,9-10,14H,7-8H2,1H3. The van der Waals surface area contributed by atoms with Crippen molar-refractivity contribution in [3.8, 4) is 11.5 Å². The summed E-state index contributed by atoms with van der Waals surface area (Å²) in [5.74, 6) is 1.32. The Morgan fingerprint density at radius 1 is 1.14 bits per heavy atom. The molecule has 2 aromatic rings. The molecule has 3 rings (SSSR count). The van der Waals surface area contributed by atoms with Crippen LogP contribution in [-0.4, -0.2) is 19.0 Å². The zero-order valence-corrected chi connectivity index (χ0v) is 13.2. The van der Waals surface area contributed by atoms with E-state index >= 15 is 0 Å². The highest BCUT2D eigenvalue weighted by molar-refractivity contribution is 9.10. The summed E-state index contributed by atoms with van der Waals surface area (Å²) in [7, 11) is 1.56. The van der Waals surface area contributed by atoms with Crippen molar-refractivity contribution < 1.29 is 14.3 Å². The van der Waals surface area contributed by atoms with E-state index in [0.29, 0.717) is 23.0 Å². The minimum absolute atomic E-state index is 0.0580. The summed E-state index contributed by atoms with van der Waals surface area (Å²) in [5.41, 5.74) is 1.18. The molecule has 0 atom stereocenters. The zero-order chi connectivity index (χ0) is 14.8. The minimum atomic E-state index is -0.0580. The van der Waals surface area contributed by atoms with Crippen LogP contribution in [0.1, 0.15) is 28.8 Å². The van der Waals surface area contributed by atoms with Crippen molar-refractivity contribution in [3.63, 3.8) is 0 Å². The van der Waals surface area contributed by atoms with E-state index in [2.05, 4.69) is 15.9 Å². The Kier molecular flexibility index (Phi) is 3.97. The second-order valence-corrected chi connectivity index (χ2v) is 5.93. The molecule has 0 bridgehead atoms. The first-order chi connectivity index (χ1) is 10.2. The molecule has 1 saturated carbocycles. The maximum Gasteiger partial charge on any atom is 0.196 e. The number of rotatable bonds is 5. The normalized spacial score (nSPS) is 13.8. The molecule has 0 heterocycles. The molecule has 1 fully saturated rings. The number of benzene rings is 2. The summed E-state index contributed by atoms with van der Waals surface area (Å²) < 4.78 is 11.8. The molecule has 0 saturated heterocycles. The van der Waals surface area contributed by atoms with Crippen LogP contribution in [0.4, 0.5) is 0 Å². The monoisotopic (exact) mass is 346 g/mol. The summed E-state index contributed by atoms with van der Waals surface area (Å²) in [4.78, 5) is 12.5. The number of ketones is 1. The van der Waals surface area contributed by atoms with Crippen molar-refractivity contribution in [1.29, 1.82) is 0 Å². The van der Waals surface area contributed by atoms with Gasteiger partial charge in [0.15, 0.2) is 5.78 Å². The van der Waals surface area contributed by atoms with E-state index in [1.54, 1.807) is 31.4 Å². The first kappa shape index (κ1) is 14.1. The van der Waals surface area contributed by atoms with Gasteiger partial charge in [-0.1, -0.05) is 15.9 Å². The number of hydrogen-bond acceptors (Lipinski definition) is 3. The topological polar surface area (TPSA) is 35.5 Å². The zero-order valence-electron chi connectivity index (χ0n) is 11.6. The number of methoxy groups -OCH3 is 1. The highest BCUT2D eigenvalue weighted by Gasteiger charge is 2.23. The van der Waals surface area contributed by atoms with E-state index in [-0.39, 0.29) is 5.78 Å². The number of ether oxygens (including phenoxy) is 2. The van der Waals surface area contributed by atoms with E-state index in [1.165, 1.54) is 0 Å². The number of carbonyl (C=O) groups excluding carboxylic acids is 1. The van der Waals surface area contributed by atoms with E-state index in [0.717, 1.165) is 23.1 Å². The number of halogens is 1. The van der Waals surface area contributed by atoms with Gasteiger partial charge in [-0.05, 0) is 55.3 Å². The van der Waals surface area contributed by atoms with Crippen LogP contribution >= 0.6 is 15.9 Å². The van der Waals surface area contributed by atoms with Crippen molar-refractivity contribution in [3.05, 3.63) is 58.1 Å².